The Kier molecular flexibility index (Phi) is 14.6. The highest BCUT2D eigenvalue weighted by molar-refractivity contribution is 5.66. The molecule has 0 amide bonds. The predicted octanol–water partition coefficient (Wildman–Crippen LogP) is 4.98. The van der Waals surface area contributed by atoms with E-state index in [0.29, 0.717) is 12.3 Å². The van der Waals surface area contributed by atoms with Gasteiger partial charge in [-0.05, 0) is 32.6 Å². The summed E-state index contributed by atoms with van der Waals surface area (Å²) in [6, 6.07) is 0. The van der Waals surface area contributed by atoms with Crippen molar-refractivity contribution in [1.82, 2.24) is 0 Å². The van der Waals surface area contributed by atoms with Crippen molar-refractivity contribution in [2.45, 2.75) is 97.9 Å². The van der Waals surface area contributed by atoms with Gasteiger partial charge in [-0.15, -0.1) is 0 Å². The van der Waals surface area contributed by atoms with E-state index in [1.807, 2.05) is 0 Å². The third-order valence-corrected chi connectivity index (χ3v) is 3.76. The van der Waals surface area contributed by atoms with E-state index < -0.39 is 5.97 Å². The molecule has 122 valence electrons. The molecule has 0 saturated carbocycles. The summed E-state index contributed by atoms with van der Waals surface area (Å²) in [4.78, 5) is 9.87. The Bertz CT molecular complexity index is 222. The summed E-state index contributed by atoms with van der Waals surface area (Å²) < 4.78 is 0. The molecule has 0 heterocycles. The molecule has 3 heteroatoms. The Balaban J connectivity index is 0. The van der Waals surface area contributed by atoms with Gasteiger partial charge in [0, 0.05) is 12.0 Å². The van der Waals surface area contributed by atoms with Crippen LogP contribution >= 0.6 is 0 Å². The highest BCUT2D eigenvalue weighted by atomic mass is 16.4. The monoisotopic (exact) mass is 287 g/mol. The van der Waals surface area contributed by atoms with Gasteiger partial charge >= 0.3 is 5.97 Å². The van der Waals surface area contributed by atoms with Gasteiger partial charge in [0.2, 0.25) is 0 Å². The molecule has 0 aromatic heterocycles. The second kappa shape index (κ2) is 13.4. The number of aliphatic carboxylic acids is 1. The Morgan fingerprint density at radius 3 is 1.95 bits per heavy atom. The predicted molar refractivity (Wildman–Crippen MR) is 88.0 cm³/mol. The Labute approximate surface area is 126 Å². The fourth-order valence-electron chi connectivity index (χ4n) is 1.78. The van der Waals surface area contributed by atoms with Crippen molar-refractivity contribution in [2.24, 2.45) is 11.7 Å². The van der Waals surface area contributed by atoms with Crippen molar-refractivity contribution in [2.75, 3.05) is 0 Å². The SMILES string of the molecule is CCCCCC(=O)O.CCCCCCC(C)C(C)(C)N. The molecule has 3 N–H and O–H groups in total. The first-order chi connectivity index (χ1) is 9.25. The average molecular weight is 287 g/mol. The molecule has 0 radical (unpaired) electrons. The maximum Gasteiger partial charge on any atom is 0.303 e. The zero-order valence-corrected chi connectivity index (χ0v) is 14.4. The summed E-state index contributed by atoms with van der Waals surface area (Å²) in [5.41, 5.74) is 6.00. The van der Waals surface area contributed by atoms with Crippen LogP contribution in [0.5, 0.6) is 0 Å². The van der Waals surface area contributed by atoms with Crippen LogP contribution in [0.2, 0.25) is 0 Å². The first kappa shape index (κ1) is 21.7. The van der Waals surface area contributed by atoms with Crippen LogP contribution < -0.4 is 5.73 Å². The lowest BCUT2D eigenvalue weighted by Gasteiger charge is -2.27. The van der Waals surface area contributed by atoms with Crippen LogP contribution in [0.15, 0.2) is 0 Å². The molecular weight excluding hydrogens is 250 g/mol. The zero-order valence-electron chi connectivity index (χ0n) is 14.4. The van der Waals surface area contributed by atoms with E-state index in [2.05, 4.69) is 34.6 Å². The zero-order chi connectivity index (χ0) is 16.0. The molecule has 0 aromatic carbocycles. The number of carboxylic acids is 1. The number of carboxylic acid groups (broad SMARTS) is 1. The molecule has 0 fully saturated rings. The van der Waals surface area contributed by atoms with E-state index in [1.54, 1.807) is 0 Å². The average Bonchev–Trinajstić information content (AvgIpc) is 2.34. The number of hydrogen-bond acceptors (Lipinski definition) is 2. The standard InChI is InChI=1S/C11H25N.C6H12O2/c1-5-6-7-8-9-10(2)11(3,4)12;1-2-3-4-5-6(7)8/h10H,5-9,12H2,1-4H3;2-5H2,1H3,(H,7,8). The quantitative estimate of drug-likeness (QED) is 0.557. The highest BCUT2D eigenvalue weighted by Gasteiger charge is 2.19. The number of unbranched alkanes of at least 4 members (excludes halogenated alkanes) is 5. The lowest BCUT2D eigenvalue weighted by molar-refractivity contribution is -0.137. The van der Waals surface area contributed by atoms with E-state index in [9.17, 15) is 4.79 Å². The minimum atomic E-state index is -0.682. The van der Waals surface area contributed by atoms with E-state index in [-0.39, 0.29) is 5.54 Å². The molecule has 0 rings (SSSR count). The van der Waals surface area contributed by atoms with Gasteiger partial charge in [-0.25, -0.2) is 0 Å². The fraction of sp³-hybridized carbons (Fsp3) is 0.941. The van der Waals surface area contributed by atoms with E-state index in [1.165, 1.54) is 32.1 Å². The summed E-state index contributed by atoms with van der Waals surface area (Å²) >= 11 is 0. The molecule has 0 bridgehead atoms. The van der Waals surface area contributed by atoms with Gasteiger partial charge in [-0.2, -0.15) is 0 Å². The maximum atomic E-state index is 9.87. The fourth-order valence-corrected chi connectivity index (χ4v) is 1.78. The summed E-state index contributed by atoms with van der Waals surface area (Å²) in [5.74, 6) is -0.0344. The van der Waals surface area contributed by atoms with E-state index in [0.717, 1.165) is 19.3 Å². The van der Waals surface area contributed by atoms with Gasteiger partial charge in [0.15, 0.2) is 0 Å². The Hall–Kier alpha value is -0.570. The molecule has 0 aromatic rings. The molecule has 0 aliphatic rings. The van der Waals surface area contributed by atoms with Crippen LogP contribution in [0.4, 0.5) is 0 Å². The van der Waals surface area contributed by atoms with Crippen LogP contribution in [0.3, 0.4) is 0 Å². The van der Waals surface area contributed by atoms with E-state index >= 15 is 0 Å². The topological polar surface area (TPSA) is 63.3 Å². The Morgan fingerprint density at radius 1 is 1.05 bits per heavy atom. The van der Waals surface area contributed by atoms with Crippen molar-refractivity contribution < 1.29 is 9.90 Å². The summed E-state index contributed by atoms with van der Waals surface area (Å²) in [7, 11) is 0. The van der Waals surface area contributed by atoms with Crippen molar-refractivity contribution >= 4 is 5.97 Å². The molecule has 20 heavy (non-hydrogen) atoms. The van der Waals surface area contributed by atoms with Crippen molar-refractivity contribution in [3.63, 3.8) is 0 Å². The highest BCUT2D eigenvalue weighted by Crippen LogP contribution is 2.19. The minimum absolute atomic E-state index is 0.00617. The largest absolute Gasteiger partial charge is 0.481 e. The summed E-state index contributed by atoms with van der Waals surface area (Å²) in [6.45, 7) is 10.8. The molecule has 3 nitrogen and oxygen atoms in total. The maximum absolute atomic E-state index is 9.87. The summed E-state index contributed by atoms with van der Waals surface area (Å²) in [5, 5.41) is 8.14. The second-order valence-electron chi connectivity index (χ2n) is 6.42. The number of carbonyl (C=O) groups is 1. The van der Waals surface area contributed by atoms with Crippen molar-refractivity contribution in [3.8, 4) is 0 Å². The number of nitrogens with two attached hydrogens (primary N) is 1. The normalized spacial score (nSPS) is 12.5. The van der Waals surface area contributed by atoms with Crippen LogP contribution in [0.25, 0.3) is 0 Å². The van der Waals surface area contributed by atoms with Crippen LogP contribution in [0, 0.1) is 5.92 Å². The van der Waals surface area contributed by atoms with E-state index in [4.69, 9.17) is 10.8 Å². The van der Waals surface area contributed by atoms with Gasteiger partial charge < -0.3 is 10.8 Å². The summed E-state index contributed by atoms with van der Waals surface area (Å²) in [6.07, 6.45) is 9.97. The van der Waals surface area contributed by atoms with Crippen LogP contribution in [-0.2, 0) is 4.79 Å². The lowest BCUT2D eigenvalue weighted by Crippen LogP contribution is -2.39. The number of rotatable bonds is 10. The lowest BCUT2D eigenvalue weighted by atomic mass is 9.86. The Morgan fingerprint density at radius 2 is 1.55 bits per heavy atom. The smallest absolute Gasteiger partial charge is 0.303 e. The van der Waals surface area contributed by atoms with Gasteiger partial charge in [0.05, 0.1) is 0 Å². The third kappa shape index (κ3) is 17.4. The minimum Gasteiger partial charge on any atom is -0.481 e. The first-order valence-corrected chi connectivity index (χ1v) is 8.26. The van der Waals surface area contributed by atoms with Crippen molar-refractivity contribution in [1.29, 1.82) is 0 Å². The van der Waals surface area contributed by atoms with Crippen LogP contribution in [-0.4, -0.2) is 16.6 Å². The number of hydrogen-bond donors (Lipinski definition) is 2. The first-order valence-electron chi connectivity index (χ1n) is 8.26. The molecule has 0 aliphatic heterocycles. The third-order valence-electron chi connectivity index (χ3n) is 3.76. The van der Waals surface area contributed by atoms with Gasteiger partial charge in [-0.3, -0.25) is 4.79 Å². The van der Waals surface area contributed by atoms with Gasteiger partial charge in [-0.1, -0.05) is 59.3 Å². The molecule has 0 spiro atoms. The molecule has 1 unspecified atom stereocenters. The molecular formula is C17H37NO2. The molecule has 0 saturated heterocycles. The molecule has 1 atom stereocenters. The molecule has 0 aliphatic carbocycles. The van der Waals surface area contributed by atoms with Gasteiger partial charge in [0.25, 0.3) is 0 Å². The van der Waals surface area contributed by atoms with Gasteiger partial charge in [0.1, 0.15) is 0 Å². The second-order valence-corrected chi connectivity index (χ2v) is 6.42. The van der Waals surface area contributed by atoms with Crippen LogP contribution in [0.1, 0.15) is 92.4 Å². The van der Waals surface area contributed by atoms with Crippen molar-refractivity contribution in [3.05, 3.63) is 0 Å².